The third kappa shape index (κ3) is 41.3. The zero-order valence-corrected chi connectivity index (χ0v) is 48.8. The van der Waals surface area contributed by atoms with Crippen LogP contribution < -0.4 is 125 Å². The molecule has 8 atom stereocenters. The first-order valence-electron chi connectivity index (χ1n) is 25.2. The van der Waals surface area contributed by atoms with E-state index in [0.29, 0.717) is 51.5 Å². The molecule has 0 spiro atoms. The average molecular weight is 1220 g/mol. The van der Waals surface area contributed by atoms with Gasteiger partial charge in [0, 0.05) is 81.1 Å². The van der Waals surface area contributed by atoms with Crippen LogP contribution in [0.4, 0.5) is 8.78 Å². The predicted octanol–water partition coefficient (Wildman–Crippen LogP) is -8.55. The molecule has 0 saturated heterocycles. The third-order valence-corrected chi connectivity index (χ3v) is 12.2. The molecular weight excluding hydrogens is 1130 g/mol. The number of carbonyl (C=O) groups excluding carboxylic acids is 6. The van der Waals surface area contributed by atoms with Crippen molar-refractivity contribution >= 4 is 87.1 Å². The standard InChI is InChI=1S/C45H88F2IN22O6.Na/c1-27(71)32(7-2-12-61-41(50)51)69-26-70-33(8-3-13-62-42(52)53)37(73)19-30(49)17-29(47)21-66-35(10-5-15-64-44(56)57)39(75)24-68-36(11-6-16-65-45(58)59)40(76)25-67-34(9-4-14-63-43(54)55)38(74)23-60-22-31(72)18-28(46)20-48;/h28-30,32-36,60,66-70H,1-26,49H2,(H4,50,51,61)(H4,52,53,62)(H4,54,55,63)(H4,56,57,64)(H4,58,59,65);/q-1;+1/t28?,29?,30?,32-,33-,34-,35-,36-;/m0./s1. The zero-order chi connectivity index (χ0) is 57.4. The fraction of sp³-hybridized carbons (Fsp3) is 0.733. The number of aliphatic imine (C=N–C) groups is 5. The molecule has 0 bridgehead atoms. The van der Waals surface area contributed by atoms with E-state index in [0.717, 1.165) is 0 Å². The Kier molecular flexibility index (Phi) is 44.0. The Hall–Kier alpha value is -4.45. The van der Waals surface area contributed by atoms with Crippen molar-refractivity contribution in [1.82, 2.24) is 31.9 Å². The van der Waals surface area contributed by atoms with Crippen LogP contribution in [0.15, 0.2) is 25.0 Å². The van der Waals surface area contributed by atoms with Crippen LogP contribution in [0.2, 0.25) is 0 Å². The van der Waals surface area contributed by atoms with Crippen molar-refractivity contribution in [2.75, 3.05) is 76.5 Å². The molecular formula is C45H88F2IN22NaO6. The van der Waals surface area contributed by atoms with Crippen LogP contribution in [0.3, 0.4) is 0 Å². The summed E-state index contributed by atoms with van der Waals surface area (Å²) in [6, 6.07) is -5.08. The molecule has 0 aromatic rings. The summed E-state index contributed by atoms with van der Waals surface area (Å²) in [5.74, 6) is -2.89. The Morgan fingerprint density at radius 2 is 0.818 bits per heavy atom. The summed E-state index contributed by atoms with van der Waals surface area (Å²) in [4.78, 5) is 98.7. The third-order valence-electron chi connectivity index (χ3n) is 11.3. The van der Waals surface area contributed by atoms with Crippen molar-refractivity contribution in [1.29, 1.82) is 0 Å². The van der Waals surface area contributed by atoms with Gasteiger partial charge in [0.1, 0.15) is 18.1 Å². The Morgan fingerprint density at radius 1 is 0.468 bits per heavy atom. The van der Waals surface area contributed by atoms with Gasteiger partial charge in [-0.1, -0.05) is 22.6 Å². The minimum Gasteiger partial charge on any atom is -0.370 e. The van der Waals surface area contributed by atoms with E-state index in [1.54, 1.807) is 0 Å². The number of ketones is 6. The summed E-state index contributed by atoms with van der Waals surface area (Å²) >= 11 is 1.84. The molecule has 28 N–H and O–H groups in total. The maximum atomic E-state index is 15.7. The van der Waals surface area contributed by atoms with Crippen LogP contribution in [-0.2, 0) is 28.8 Å². The SMILES string of the molecule is [CH2-]C(=O)[C@H](CCCN=C(N)N)NCN[C@@H](CCCN=C(N)N)C(=O)CC(N)CC(F)CN[C@@H](CCCN=C(N)N)C(=O)CN[C@@H](CCCN=C(N)N)C(=O)CN[C@@H](CCCN=C(N)N)C(=O)CNCC(=O)CC(F)CI.[Na+]. The summed E-state index contributed by atoms with van der Waals surface area (Å²) in [5.41, 5.74) is 60.9. The van der Waals surface area contributed by atoms with E-state index in [2.05, 4.69) is 63.8 Å². The fourth-order valence-corrected chi connectivity index (χ4v) is 7.70. The second-order valence-corrected chi connectivity index (χ2v) is 18.9. The van der Waals surface area contributed by atoms with Gasteiger partial charge in [0.2, 0.25) is 0 Å². The second kappa shape index (κ2) is 45.4. The van der Waals surface area contributed by atoms with Crippen molar-refractivity contribution in [3.05, 3.63) is 6.92 Å². The number of hydrogen-bond donors (Lipinski definition) is 17. The van der Waals surface area contributed by atoms with E-state index >= 15 is 4.39 Å². The average Bonchev–Trinajstić information content (AvgIpc) is 3.33. The van der Waals surface area contributed by atoms with Crippen molar-refractivity contribution in [3.63, 3.8) is 0 Å². The van der Waals surface area contributed by atoms with Crippen molar-refractivity contribution in [3.8, 4) is 0 Å². The van der Waals surface area contributed by atoms with E-state index in [1.165, 1.54) is 0 Å². The predicted molar refractivity (Wildman–Crippen MR) is 302 cm³/mol. The monoisotopic (exact) mass is 1220 g/mol. The van der Waals surface area contributed by atoms with Gasteiger partial charge in [-0.2, -0.15) is 0 Å². The molecule has 0 heterocycles. The van der Waals surface area contributed by atoms with E-state index < -0.39 is 65.9 Å². The molecule has 28 nitrogen and oxygen atoms in total. The van der Waals surface area contributed by atoms with Gasteiger partial charge >= 0.3 is 29.6 Å². The van der Waals surface area contributed by atoms with Gasteiger partial charge in [-0.25, -0.2) is 8.78 Å². The van der Waals surface area contributed by atoms with E-state index in [4.69, 9.17) is 63.1 Å². The van der Waals surface area contributed by atoms with E-state index in [9.17, 15) is 33.2 Å². The number of alkyl halides is 3. The smallest absolute Gasteiger partial charge is 0.370 e. The van der Waals surface area contributed by atoms with Crippen molar-refractivity contribution in [2.45, 2.75) is 132 Å². The molecule has 0 fully saturated rings. The summed E-state index contributed by atoms with van der Waals surface area (Å²) < 4.78 is 29.6. The van der Waals surface area contributed by atoms with Gasteiger partial charge < -0.3 is 96.1 Å². The Balaban J connectivity index is 0. The number of Topliss-reactive ketones (excluding diaryl/α,β-unsaturated/α-hetero) is 6. The van der Waals surface area contributed by atoms with Crippen LogP contribution in [0.25, 0.3) is 0 Å². The molecule has 0 aliphatic carbocycles. The van der Waals surface area contributed by atoms with Gasteiger partial charge in [-0.3, -0.25) is 59.6 Å². The number of nitrogens with one attached hydrogen (secondary N) is 6. The molecule has 0 radical (unpaired) electrons. The number of guanidine groups is 5. The molecule has 0 aliphatic rings. The molecule has 3 unspecified atom stereocenters. The summed E-state index contributed by atoms with van der Waals surface area (Å²) in [7, 11) is 0. The van der Waals surface area contributed by atoms with Gasteiger partial charge in [-0.05, 0) is 70.6 Å². The summed E-state index contributed by atoms with van der Waals surface area (Å²) in [5, 5.41) is 17.9. The maximum absolute atomic E-state index is 15.7. The zero-order valence-electron chi connectivity index (χ0n) is 44.7. The van der Waals surface area contributed by atoms with Crippen molar-refractivity contribution in [2.24, 2.45) is 88.0 Å². The normalized spacial score (nSPS) is 14.1. The molecule has 77 heavy (non-hydrogen) atoms. The number of nitrogens with zero attached hydrogens (tertiary/aromatic N) is 5. The van der Waals surface area contributed by atoms with Gasteiger partial charge in [0.25, 0.3) is 0 Å². The molecule has 0 aliphatic heterocycles. The first-order valence-corrected chi connectivity index (χ1v) is 26.7. The minimum atomic E-state index is -1.61. The fourth-order valence-electron chi connectivity index (χ4n) is 7.39. The number of nitrogens with two attached hydrogens (primary N) is 11. The molecule has 0 aromatic heterocycles. The van der Waals surface area contributed by atoms with E-state index in [-0.39, 0.29) is 185 Å². The van der Waals surface area contributed by atoms with Crippen LogP contribution in [0, 0.1) is 6.92 Å². The van der Waals surface area contributed by atoms with Gasteiger partial charge in [-0.15, -0.1) is 0 Å². The molecule has 0 rings (SSSR count). The van der Waals surface area contributed by atoms with Gasteiger partial charge in [0.05, 0.1) is 50.3 Å². The number of halogens is 3. The number of rotatable bonds is 49. The quantitative estimate of drug-likeness (QED) is 0.00393. The number of hydrogen-bond acceptors (Lipinski definition) is 18. The first kappa shape index (κ1) is 74.6. The molecule has 0 aromatic carbocycles. The van der Waals surface area contributed by atoms with Crippen LogP contribution in [-0.4, -0.2) is 190 Å². The Bertz CT molecular complexity index is 1890. The maximum Gasteiger partial charge on any atom is 1.00 e. The summed E-state index contributed by atoms with van der Waals surface area (Å²) in [6.07, 6.45) is -0.492. The van der Waals surface area contributed by atoms with E-state index in [1.807, 2.05) is 22.6 Å². The molecule has 0 saturated carbocycles. The molecule has 0 amide bonds. The Labute approximate surface area is 486 Å². The topological polar surface area (TPSA) is 523 Å². The first-order chi connectivity index (χ1) is 35.9. The minimum absolute atomic E-state index is 0. The molecule has 32 heteroatoms. The molecule has 436 valence electrons. The van der Waals surface area contributed by atoms with Crippen LogP contribution in [0.5, 0.6) is 0 Å². The number of carbonyl (C=O) groups is 6. The van der Waals surface area contributed by atoms with Gasteiger partial charge in [0.15, 0.2) is 52.9 Å². The Morgan fingerprint density at radius 3 is 1.19 bits per heavy atom. The summed E-state index contributed by atoms with van der Waals surface area (Å²) in [6.45, 7) is 3.20. The second-order valence-electron chi connectivity index (χ2n) is 18.0. The van der Waals surface area contributed by atoms with Crippen molar-refractivity contribution < 1.29 is 67.1 Å². The largest absolute Gasteiger partial charge is 1.00 e. The van der Waals surface area contributed by atoms with Crippen LogP contribution in [0.1, 0.15) is 83.5 Å². The van der Waals surface area contributed by atoms with Crippen LogP contribution >= 0.6 is 22.6 Å².